The van der Waals surface area contributed by atoms with Gasteiger partial charge in [-0.2, -0.15) is 0 Å². The zero-order valence-corrected chi connectivity index (χ0v) is 16.5. The monoisotopic (exact) mass is 366 g/mol. The second kappa shape index (κ2) is 13.8. The highest BCUT2D eigenvalue weighted by atomic mass is 35.5. The normalized spacial score (nSPS) is 16.6. The van der Waals surface area contributed by atoms with Gasteiger partial charge in [-0.05, 0) is 30.4 Å². The lowest BCUT2D eigenvalue weighted by atomic mass is 10.2. The molecule has 1 aliphatic heterocycles. The summed E-state index contributed by atoms with van der Waals surface area (Å²) in [6, 6.07) is 7.08. The van der Waals surface area contributed by atoms with E-state index in [2.05, 4.69) is 19.2 Å². The maximum Gasteiger partial charge on any atom is 0.237 e. The summed E-state index contributed by atoms with van der Waals surface area (Å²) in [4.78, 5) is 13.7. The van der Waals surface area contributed by atoms with Gasteiger partial charge in [0.1, 0.15) is 0 Å². The molecule has 0 atom stereocenters. The number of hydrogen-bond donors (Lipinski definition) is 1. The first-order valence-electron chi connectivity index (χ1n) is 8.28. The second-order valence-electron chi connectivity index (χ2n) is 4.66. The third kappa shape index (κ3) is 8.27. The Kier molecular flexibility index (Phi) is 12.8. The number of hydrogen-bond acceptors (Lipinski definition) is 2. The van der Waals surface area contributed by atoms with Gasteiger partial charge in [0, 0.05) is 18.0 Å². The van der Waals surface area contributed by atoms with E-state index in [4.69, 9.17) is 23.8 Å². The van der Waals surface area contributed by atoms with Gasteiger partial charge >= 0.3 is 0 Å². The summed E-state index contributed by atoms with van der Waals surface area (Å²) >= 11 is 11.2. The molecule has 24 heavy (non-hydrogen) atoms. The van der Waals surface area contributed by atoms with E-state index < -0.39 is 0 Å². The van der Waals surface area contributed by atoms with Crippen molar-refractivity contribution < 1.29 is 4.79 Å². The smallest absolute Gasteiger partial charge is 0.237 e. The Labute approximate surface area is 156 Å². The van der Waals surface area contributed by atoms with Crippen LogP contribution in [0.3, 0.4) is 0 Å². The SMILES string of the molecule is CC.CCC.O=C1C/C=C\C=C/CNC(=S)N1c1cccc(Cl)c1. The molecule has 1 N–H and O–H groups in total. The van der Waals surface area contributed by atoms with Gasteiger partial charge < -0.3 is 5.32 Å². The number of anilines is 1. The van der Waals surface area contributed by atoms with Crippen molar-refractivity contribution in [3.8, 4) is 0 Å². The van der Waals surface area contributed by atoms with E-state index in [0.29, 0.717) is 28.8 Å². The van der Waals surface area contributed by atoms with Crippen molar-refractivity contribution >= 4 is 40.5 Å². The summed E-state index contributed by atoms with van der Waals surface area (Å²) in [5, 5.41) is 3.98. The van der Waals surface area contributed by atoms with Gasteiger partial charge in [-0.1, -0.05) is 76.1 Å². The molecular weight excluding hydrogens is 340 g/mol. The van der Waals surface area contributed by atoms with Crippen LogP contribution in [0, 0.1) is 0 Å². The van der Waals surface area contributed by atoms with E-state index in [0.717, 1.165) is 0 Å². The Morgan fingerprint density at radius 2 is 1.83 bits per heavy atom. The van der Waals surface area contributed by atoms with Crippen LogP contribution in [-0.2, 0) is 4.79 Å². The molecule has 5 heteroatoms. The summed E-state index contributed by atoms with van der Waals surface area (Å²) in [6.07, 6.45) is 9.03. The van der Waals surface area contributed by atoms with Crippen molar-refractivity contribution in [2.24, 2.45) is 0 Å². The van der Waals surface area contributed by atoms with Crippen molar-refractivity contribution in [3.05, 3.63) is 53.6 Å². The molecule has 1 aromatic carbocycles. The molecule has 0 saturated heterocycles. The fourth-order valence-corrected chi connectivity index (χ4v) is 2.18. The third-order valence-corrected chi connectivity index (χ3v) is 3.13. The van der Waals surface area contributed by atoms with Crippen LogP contribution in [-0.4, -0.2) is 17.6 Å². The number of carbonyl (C=O) groups excluding carboxylic acids is 1. The minimum absolute atomic E-state index is 0.0914. The van der Waals surface area contributed by atoms with Crippen molar-refractivity contribution in [2.75, 3.05) is 11.4 Å². The van der Waals surface area contributed by atoms with E-state index >= 15 is 0 Å². The lowest BCUT2D eigenvalue weighted by Crippen LogP contribution is -2.43. The second-order valence-corrected chi connectivity index (χ2v) is 5.49. The quantitative estimate of drug-likeness (QED) is 0.665. The van der Waals surface area contributed by atoms with Gasteiger partial charge in [0.05, 0.1) is 5.69 Å². The average molecular weight is 367 g/mol. The Balaban J connectivity index is 0.000000952. The topological polar surface area (TPSA) is 32.3 Å². The molecule has 1 heterocycles. The van der Waals surface area contributed by atoms with E-state index in [9.17, 15) is 4.79 Å². The van der Waals surface area contributed by atoms with Crippen LogP contribution in [0.1, 0.15) is 40.5 Å². The maximum atomic E-state index is 12.2. The molecule has 1 amide bonds. The molecule has 0 saturated carbocycles. The number of amides is 1. The minimum Gasteiger partial charge on any atom is -0.358 e. The molecule has 0 fully saturated rings. The molecule has 3 nitrogen and oxygen atoms in total. The fourth-order valence-electron chi connectivity index (χ4n) is 1.70. The van der Waals surface area contributed by atoms with Crippen LogP contribution >= 0.6 is 23.8 Å². The summed E-state index contributed by atoms with van der Waals surface area (Å²) in [5.74, 6) is -0.0914. The van der Waals surface area contributed by atoms with E-state index in [1.165, 1.54) is 11.3 Å². The molecule has 0 aliphatic carbocycles. The highest BCUT2D eigenvalue weighted by Crippen LogP contribution is 2.20. The summed E-state index contributed by atoms with van der Waals surface area (Å²) in [6.45, 7) is 8.83. The zero-order valence-electron chi connectivity index (χ0n) is 14.9. The molecule has 0 bridgehead atoms. The number of carbonyl (C=O) groups is 1. The number of rotatable bonds is 1. The predicted molar refractivity (Wildman–Crippen MR) is 110 cm³/mol. The number of nitrogens with zero attached hydrogens (tertiary/aromatic N) is 1. The maximum absolute atomic E-state index is 12.2. The Morgan fingerprint density at radius 3 is 2.46 bits per heavy atom. The number of nitrogens with one attached hydrogen (secondary N) is 1. The Bertz CT molecular complexity index is 570. The van der Waals surface area contributed by atoms with E-state index in [1.54, 1.807) is 18.2 Å². The standard InChI is InChI=1S/C14H13ClN2OS.C3H8.C2H6/c15-11-6-5-7-12(10-11)17-13(18)8-3-1-2-4-9-16-14(17)19;1-3-2;1-2/h1-7,10H,8-9H2,(H,16,19);3H2,1-2H3;1-2H3/b3-1-,4-2-;;. The van der Waals surface area contributed by atoms with Crippen LogP contribution in [0.5, 0.6) is 0 Å². The molecule has 132 valence electrons. The molecule has 1 aliphatic rings. The first-order valence-corrected chi connectivity index (χ1v) is 9.06. The lowest BCUT2D eigenvalue weighted by Gasteiger charge is -2.24. The number of halogens is 1. The average Bonchev–Trinajstić information content (AvgIpc) is 2.57. The molecule has 1 aromatic rings. The Morgan fingerprint density at radius 1 is 1.21 bits per heavy atom. The van der Waals surface area contributed by atoms with Crippen molar-refractivity contribution in [1.29, 1.82) is 0 Å². The minimum atomic E-state index is -0.0914. The van der Waals surface area contributed by atoms with Gasteiger partial charge in [0.15, 0.2) is 5.11 Å². The van der Waals surface area contributed by atoms with Crippen molar-refractivity contribution in [1.82, 2.24) is 5.32 Å². The fraction of sp³-hybridized carbons (Fsp3) is 0.368. The summed E-state index contributed by atoms with van der Waals surface area (Å²) < 4.78 is 0. The number of benzene rings is 1. The van der Waals surface area contributed by atoms with Gasteiger partial charge in [-0.25, -0.2) is 0 Å². The number of thiocarbonyl (C=S) groups is 1. The lowest BCUT2D eigenvalue weighted by molar-refractivity contribution is -0.116. The Hall–Kier alpha value is -1.65. The molecule has 0 aromatic heterocycles. The zero-order chi connectivity index (χ0) is 18.4. The first-order chi connectivity index (χ1) is 11.6. The van der Waals surface area contributed by atoms with E-state index in [1.807, 2.05) is 44.2 Å². The van der Waals surface area contributed by atoms with Crippen LogP contribution < -0.4 is 10.2 Å². The number of allylic oxidation sites excluding steroid dienone is 2. The highest BCUT2D eigenvalue weighted by molar-refractivity contribution is 7.80. The third-order valence-electron chi connectivity index (χ3n) is 2.57. The van der Waals surface area contributed by atoms with Gasteiger partial charge in [0.2, 0.25) is 5.91 Å². The van der Waals surface area contributed by atoms with Crippen LogP contribution in [0.4, 0.5) is 5.69 Å². The molecule has 0 spiro atoms. The van der Waals surface area contributed by atoms with Crippen molar-refractivity contribution in [2.45, 2.75) is 40.5 Å². The summed E-state index contributed by atoms with van der Waals surface area (Å²) in [7, 11) is 0. The van der Waals surface area contributed by atoms with Gasteiger partial charge in [-0.15, -0.1) is 0 Å². The molecule has 0 unspecified atom stereocenters. The predicted octanol–water partition coefficient (Wildman–Crippen LogP) is 5.51. The molecule has 0 radical (unpaired) electrons. The molecular formula is C19H27ClN2OS. The van der Waals surface area contributed by atoms with Crippen LogP contribution in [0.15, 0.2) is 48.6 Å². The summed E-state index contributed by atoms with van der Waals surface area (Å²) in [5.41, 5.74) is 0.674. The largest absolute Gasteiger partial charge is 0.358 e. The van der Waals surface area contributed by atoms with Crippen LogP contribution in [0.25, 0.3) is 0 Å². The van der Waals surface area contributed by atoms with Gasteiger partial charge in [0.25, 0.3) is 0 Å². The van der Waals surface area contributed by atoms with E-state index in [-0.39, 0.29) is 5.91 Å². The van der Waals surface area contributed by atoms with Crippen LogP contribution in [0.2, 0.25) is 5.02 Å². The first kappa shape index (κ1) is 22.4. The highest BCUT2D eigenvalue weighted by Gasteiger charge is 2.19. The van der Waals surface area contributed by atoms with Gasteiger partial charge in [-0.3, -0.25) is 9.69 Å². The molecule has 2 rings (SSSR count). The van der Waals surface area contributed by atoms with Crippen molar-refractivity contribution in [3.63, 3.8) is 0 Å².